The molecule has 1 heterocycles. The molecular weight excluding hydrogens is 244 g/mol. The molecule has 104 valence electrons. The second kappa shape index (κ2) is 8.20. The average Bonchev–Trinajstić information content (AvgIpc) is 2.44. The van der Waals surface area contributed by atoms with Crippen molar-refractivity contribution < 1.29 is 10.0 Å². The number of hydrogen-bond donors (Lipinski definition) is 2. The van der Waals surface area contributed by atoms with E-state index in [1.165, 1.54) is 12.4 Å². The highest BCUT2D eigenvalue weighted by atomic mass is 16.4. The molecule has 1 aromatic heterocycles. The van der Waals surface area contributed by atoms with Gasteiger partial charge in [-0.25, -0.2) is 0 Å². The van der Waals surface area contributed by atoms with E-state index in [1.807, 2.05) is 0 Å². The monoisotopic (exact) mass is 264 g/mol. The molecule has 0 unspecified atom stereocenters. The molecular formula is C13H20N4O2. The molecule has 1 amide bonds. The number of pyridine rings is 1. The lowest BCUT2D eigenvalue weighted by atomic mass is 10.2. The van der Waals surface area contributed by atoms with Crippen LogP contribution in [0.1, 0.15) is 29.9 Å². The van der Waals surface area contributed by atoms with Gasteiger partial charge in [-0.05, 0) is 25.2 Å². The van der Waals surface area contributed by atoms with Crippen LogP contribution >= 0.6 is 0 Å². The van der Waals surface area contributed by atoms with Gasteiger partial charge in [0.15, 0.2) is 0 Å². The van der Waals surface area contributed by atoms with Crippen LogP contribution in [0.4, 0.5) is 0 Å². The molecule has 0 bridgehead atoms. The summed E-state index contributed by atoms with van der Waals surface area (Å²) in [6.45, 7) is 7.58. The summed E-state index contributed by atoms with van der Waals surface area (Å²) < 4.78 is 0. The number of amides is 1. The van der Waals surface area contributed by atoms with Gasteiger partial charge < -0.3 is 15.4 Å². The van der Waals surface area contributed by atoms with E-state index < -0.39 is 0 Å². The number of oxime groups is 1. The molecule has 6 heteroatoms. The van der Waals surface area contributed by atoms with Crippen LogP contribution in [-0.4, -0.2) is 53.4 Å². The van der Waals surface area contributed by atoms with Gasteiger partial charge in [-0.15, -0.1) is 0 Å². The smallest absolute Gasteiger partial charge is 0.252 e. The van der Waals surface area contributed by atoms with Crippen molar-refractivity contribution in [2.75, 3.05) is 26.2 Å². The van der Waals surface area contributed by atoms with E-state index in [4.69, 9.17) is 5.21 Å². The summed E-state index contributed by atoms with van der Waals surface area (Å²) in [5, 5.41) is 14.1. The molecule has 1 aromatic rings. The predicted octanol–water partition coefficient (Wildman–Crippen LogP) is 0.961. The average molecular weight is 264 g/mol. The van der Waals surface area contributed by atoms with Crippen LogP contribution in [-0.2, 0) is 0 Å². The minimum atomic E-state index is -0.146. The first-order chi connectivity index (χ1) is 9.21. The van der Waals surface area contributed by atoms with Gasteiger partial charge in [0.25, 0.3) is 5.91 Å². The van der Waals surface area contributed by atoms with Crippen LogP contribution < -0.4 is 5.32 Å². The summed E-state index contributed by atoms with van der Waals surface area (Å²) in [5.74, 6) is -0.146. The van der Waals surface area contributed by atoms with Gasteiger partial charge in [0, 0.05) is 19.3 Å². The molecule has 0 aliphatic heterocycles. The number of carbonyl (C=O) groups is 1. The van der Waals surface area contributed by atoms with Gasteiger partial charge in [0.05, 0.1) is 17.5 Å². The molecule has 0 saturated heterocycles. The Kier molecular flexibility index (Phi) is 6.52. The summed E-state index contributed by atoms with van der Waals surface area (Å²) >= 11 is 0. The van der Waals surface area contributed by atoms with E-state index in [0.717, 1.165) is 19.6 Å². The number of hydrogen-bond acceptors (Lipinski definition) is 5. The normalized spacial score (nSPS) is 11.1. The molecule has 0 spiro atoms. The van der Waals surface area contributed by atoms with Gasteiger partial charge >= 0.3 is 0 Å². The highest BCUT2D eigenvalue weighted by Gasteiger charge is 2.06. The molecule has 6 nitrogen and oxygen atoms in total. The van der Waals surface area contributed by atoms with E-state index in [2.05, 4.69) is 34.2 Å². The lowest BCUT2D eigenvalue weighted by molar-refractivity contribution is 0.0948. The van der Waals surface area contributed by atoms with Crippen LogP contribution in [0.3, 0.4) is 0 Å². The zero-order valence-corrected chi connectivity index (χ0v) is 11.3. The van der Waals surface area contributed by atoms with Crippen molar-refractivity contribution in [2.45, 2.75) is 13.8 Å². The van der Waals surface area contributed by atoms with Crippen molar-refractivity contribution in [2.24, 2.45) is 5.16 Å². The molecule has 0 fully saturated rings. The Morgan fingerprint density at radius 1 is 1.47 bits per heavy atom. The van der Waals surface area contributed by atoms with Crippen LogP contribution in [0.5, 0.6) is 0 Å². The topological polar surface area (TPSA) is 77.8 Å². The van der Waals surface area contributed by atoms with Crippen molar-refractivity contribution in [3.8, 4) is 0 Å². The van der Waals surface area contributed by atoms with Crippen LogP contribution in [0, 0.1) is 0 Å². The fourth-order valence-electron chi connectivity index (χ4n) is 1.64. The van der Waals surface area contributed by atoms with E-state index in [0.29, 0.717) is 17.8 Å². The van der Waals surface area contributed by atoms with Crippen molar-refractivity contribution in [3.63, 3.8) is 0 Å². The van der Waals surface area contributed by atoms with E-state index in [9.17, 15) is 4.79 Å². The molecule has 0 aliphatic rings. The second-order valence-electron chi connectivity index (χ2n) is 4.00. The van der Waals surface area contributed by atoms with Gasteiger partial charge in [-0.2, -0.15) is 0 Å². The fraction of sp³-hybridized carbons (Fsp3) is 0.462. The maximum atomic E-state index is 11.8. The largest absolute Gasteiger partial charge is 0.411 e. The van der Waals surface area contributed by atoms with Crippen LogP contribution in [0.2, 0.25) is 0 Å². The summed E-state index contributed by atoms with van der Waals surface area (Å²) in [7, 11) is 0. The van der Waals surface area contributed by atoms with Crippen molar-refractivity contribution in [3.05, 3.63) is 29.6 Å². The maximum absolute atomic E-state index is 11.8. The Morgan fingerprint density at radius 3 is 2.74 bits per heavy atom. The summed E-state index contributed by atoms with van der Waals surface area (Å²) in [4.78, 5) is 18.0. The highest BCUT2D eigenvalue weighted by molar-refractivity contribution is 5.94. The van der Waals surface area contributed by atoms with Gasteiger partial charge in [-0.1, -0.05) is 19.0 Å². The molecule has 0 saturated carbocycles. The van der Waals surface area contributed by atoms with Gasteiger partial charge in [0.2, 0.25) is 0 Å². The first-order valence-corrected chi connectivity index (χ1v) is 6.35. The SMILES string of the molecule is CCN(CC)CCNC(=O)c1ccc(/C=N\O)nc1. The molecule has 0 aromatic carbocycles. The zero-order valence-electron chi connectivity index (χ0n) is 11.3. The Balaban J connectivity index is 2.45. The standard InChI is InChI=1S/C13H20N4O2/c1-3-17(4-2)8-7-14-13(18)11-5-6-12(10-16-19)15-9-11/h5-6,9-10,19H,3-4,7-8H2,1-2H3,(H,14,18)/b16-10-. The predicted molar refractivity (Wildman–Crippen MR) is 73.7 cm³/mol. The maximum Gasteiger partial charge on any atom is 0.252 e. The summed E-state index contributed by atoms with van der Waals surface area (Å²) in [6, 6.07) is 3.27. The molecule has 0 aliphatic carbocycles. The van der Waals surface area contributed by atoms with E-state index in [1.54, 1.807) is 12.1 Å². The molecule has 0 atom stereocenters. The number of aromatic nitrogens is 1. The number of nitrogens with one attached hydrogen (secondary N) is 1. The zero-order chi connectivity index (χ0) is 14.1. The minimum Gasteiger partial charge on any atom is -0.411 e. The number of likely N-dealkylation sites (N-methyl/N-ethyl adjacent to an activating group) is 1. The Hall–Kier alpha value is -1.95. The van der Waals surface area contributed by atoms with Crippen molar-refractivity contribution in [1.82, 2.24) is 15.2 Å². The highest BCUT2D eigenvalue weighted by Crippen LogP contribution is 1.98. The van der Waals surface area contributed by atoms with Crippen molar-refractivity contribution >= 4 is 12.1 Å². The van der Waals surface area contributed by atoms with E-state index in [-0.39, 0.29) is 5.91 Å². The Morgan fingerprint density at radius 2 is 2.21 bits per heavy atom. The quantitative estimate of drug-likeness (QED) is 0.437. The van der Waals surface area contributed by atoms with Gasteiger partial charge in [-0.3, -0.25) is 9.78 Å². The Labute approximate surface area is 113 Å². The van der Waals surface area contributed by atoms with Crippen molar-refractivity contribution in [1.29, 1.82) is 0 Å². The summed E-state index contributed by atoms with van der Waals surface area (Å²) in [6.07, 6.45) is 2.67. The molecule has 19 heavy (non-hydrogen) atoms. The first kappa shape index (κ1) is 15.1. The third-order valence-corrected chi connectivity index (χ3v) is 2.85. The van der Waals surface area contributed by atoms with Crippen LogP contribution in [0.25, 0.3) is 0 Å². The van der Waals surface area contributed by atoms with Crippen LogP contribution in [0.15, 0.2) is 23.5 Å². The number of nitrogens with zero attached hydrogens (tertiary/aromatic N) is 3. The van der Waals surface area contributed by atoms with E-state index >= 15 is 0 Å². The lowest BCUT2D eigenvalue weighted by Gasteiger charge is -2.17. The second-order valence-corrected chi connectivity index (χ2v) is 4.00. The number of rotatable bonds is 7. The summed E-state index contributed by atoms with van der Waals surface area (Å²) in [5.41, 5.74) is 0.997. The third-order valence-electron chi connectivity index (χ3n) is 2.85. The van der Waals surface area contributed by atoms with Gasteiger partial charge in [0.1, 0.15) is 0 Å². The molecule has 1 rings (SSSR count). The molecule has 0 radical (unpaired) electrons. The lowest BCUT2D eigenvalue weighted by Crippen LogP contribution is -2.34. The third kappa shape index (κ3) is 5.05. The Bertz CT molecular complexity index is 413. The number of carbonyl (C=O) groups excluding carboxylic acids is 1. The molecule has 2 N–H and O–H groups in total. The minimum absolute atomic E-state index is 0.146. The first-order valence-electron chi connectivity index (χ1n) is 6.35. The fourth-order valence-corrected chi connectivity index (χ4v) is 1.64.